The third-order valence-corrected chi connectivity index (χ3v) is 2.03. The Morgan fingerprint density at radius 3 is 3.00 bits per heavy atom. The van der Waals surface area contributed by atoms with Crippen LogP contribution in [0.1, 0.15) is 6.42 Å². The SMILES string of the molecule is O=C(O)C1=C(O)C=C2N=CC=C2C1. The van der Waals surface area contributed by atoms with Crippen molar-refractivity contribution in [3.05, 3.63) is 34.8 Å². The molecule has 2 N–H and O–H groups in total. The lowest BCUT2D eigenvalue weighted by Crippen LogP contribution is -2.08. The number of allylic oxidation sites excluding steroid dienone is 3. The zero-order chi connectivity index (χ0) is 9.42. The van der Waals surface area contributed by atoms with Gasteiger partial charge in [0, 0.05) is 18.7 Å². The highest BCUT2D eigenvalue weighted by atomic mass is 16.4. The molecule has 0 aromatic heterocycles. The average Bonchev–Trinajstić information content (AvgIpc) is 2.48. The second-order valence-corrected chi connectivity index (χ2v) is 2.85. The van der Waals surface area contributed by atoms with E-state index in [2.05, 4.69) is 4.99 Å². The van der Waals surface area contributed by atoms with E-state index in [0.29, 0.717) is 5.70 Å². The zero-order valence-electron chi connectivity index (χ0n) is 6.69. The van der Waals surface area contributed by atoms with Crippen LogP contribution in [0.25, 0.3) is 0 Å². The molecule has 0 saturated heterocycles. The number of rotatable bonds is 1. The van der Waals surface area contributed by atoms with Gasteiger partial charge in [0.1, 0.15) is 5.76 Å². The normalized spacial score (nSPS) is 19.7. The number of aliphatic carboxylic acids is 1. The molecule has 1 heterocycles. The predicted molar refractivity (Wildman–Crippen MR) is 46.6 cm³/mol. The van der Waals surface area contributed by atoms with Gasteiger partial charge in [0.15, 0.2) is 0 Å². The van der Waals surface area contributed by atoms with Gasteiger partial charge in [-0.1, -0.05) is 0 Å². The van der Waals surface area contributed by atoms with E-state index >= 15 is 0 Å². The summed E-state index contributed by atoms with van der Waals surface area (Å²) in [6.07, 6.45) is 4.97. The standard InChI is InChI=1S/C9H7NO3/c11-8-4-7-5(1-2-10-7)3-6(8)9(12)13/h1-2,4,11H,3H2,(H,12,13). The third kappa shape index (κ3) is 1.16. The topological polar surface area (TPSA) is 69.9 Å². The maximum atomic E-state index is 10.6. The molecule has 0 aromatic carbocycles. The molecule has 0 bridgehead atoms. The average molecular weight is 177 g/mol. The molecule has 0 aromatic rings. The summed E-state index contributed by atoms with van der Waals surface area (Å²) in [6, 6.07) is 0. The van der Waals surface area contributed by atoms with Gasteiger partial charge >= 0.3 is 5.97 Å². The Morgan fingerprint density at radius 2 is 2.31 bits per heavy atom. The molecule has 4 heteroatoms. The lowest BCUT2D eigenvalue weighted by atomic mass is 9.97. The van der Waals surface area contributed by atoms with Crippen molar-refractivity contribution in [3.63, 3.8) is 0 Å². The highest BCUT2D eigenvalue weighted by Gasteiger charge is 2.23. The molecule has 0 fully saturated rings. The monoisotopic (exact) mass is 177 g/mol. The summed E-state index contributed by atoms with van der Waals surface area (Å²) in [5.74, 6) is -1.28. The lowest BCUT2D eigenvalue weighted by molar-refractivity contribution is -0.132. The van der Waals surface area contributed by atoms with Gasteiger partial charge < -0.3 is 10.2 Å². The second-order valence-electron chi connectivity index (χ2n) is 2.85. The van der Waals surface area contributed by atoms with Gasteiger partial charge in [-0.2, -0.15) is 0 Å². The van der Waals surface area contributed by atoms with Gasteiger partial charge in [-0.05, 0) is 11.6 Å². The molecule has 1 aliphatic heterocycles. The summed E-state index contributed by atoms with van der Waals surface area (Å²) in [6.45, 7) is 0. The Labute approximate surface area is 74.2 Å². The fourth-order valence-electron chi connectivity index (χ4n) is 1.34. The van der Waals surface area contributed by atoms with Crippen LogP contribution in [0.4, 0.5) is 0 Å². The summed E-state index contributed by atoms with van der Waals surface area (Å²) >= 11 is 0. The molecule has 4 nitrogen and oxygen atoms in total. The molecule has 0 radical (unpaired) electrons. The van der Waals surface area contributed by atoms with E-state index in [9.17, 15) is 9.90 Å². The van der Waals surface area contributed by atoms with Crippen molar-refractivity contribution in [3.8, 4) is 0 Å². The smallest absolute Gasteiger partial charge is 0.335 e. The van der Waals surface area contributed by atoms with E-state index in [1.54, 1.807) is 12.3 Å². The van der Waals surface area contributed by atoms with Gasteiger partial charge in [-0.3, -0.25) is 4.99 Å². The quantitative estimate of drug-likeness (QED) is 0.631. The van der Waals surface area contributed by atoms with Gasteiger partial charge in [0.25, 0.3) is 0 Å². The molecule has 66 valence electrons. The van der Waals surface area contributed by atoms with E-state index in [4.69, 9.17) is 5.11 Å². The van der Waals surface area contributed by atoms with E-state index in [0.717, 1.165) is 5.57 Å². The fraction of sp³-hybridized carbons (Fsp3) is 0.111. The van der Waals surface area contributed by atoms with E-state index in [1.165, 1.54) is 6.08 Å². The van der Waals surface area contributed by atoms with Crippen molar-refractivity contribution in [1.29, 1.82) is 0 Å². The molecule has 2 aliphatic rings. The van der Waals surface area contributed by atoms with Crippen LogP contribution in [-0.4, -0.2) is 22.4 Å². The van der Waals surface area contributed by atoms with Gasteiger partial charge in [0.2, 0.25) is 0 Å². The van der Waals surface area contributed by atoms with Gasteiger partial charge in [-0.15, -0.1) is 0 Å². The number of hydrogen-bond donors (Lipinski definition) is 2. The molecule has 0 saturated carbocycles. The molecule has 1 aliphatic carbocycles. The Balaban J connectivity index is 2.44. The van der Waals surface area contributed by atoms with Crippen LogP contribution >= 0.6 is 0 Å². The minimum Gasteiger partial charge on any atom is -0.507 e. The minimum atomic E-state index is -1.08. The van der Waals surface area contributed by atoms with Crippen molar-refractivity contribution in [2.24, 2.45) is 4.99 Å². The van der Waals surface area contributed by atoms with Crippen LogP contribution in [0.2, 0.25) is 0 Å². The van der Waals surface area contributed by atoms with Crippen LogP contribution in [0.5, 0.6) is 0 Å². The first-order chi connectivity index (χ1) is 6.18. The number of hydrogen-bond acceptors (Lipinski definition) is 3. The first-order valence-electron chi connectivity index (χ1n) is 3.79. The van der Waals surface area contributed by atoms with Crippen LogP contribution in [0, 0.1) is 0 Å². The minimum absolute atomic E-state index is 0.0282. The third-order valence-electron chi connectivity index (χ3n) is 2.03. The van der Waals surface area contributed by atoms with E-state index < -0.39 is 5.97 Å². The second kappa shape index (κ2) is 2.58. The largest absolute Gasteiger partial charge is 0.507 e. The summed E-state index contributed by atoms with van der Waals surface area (Å²) in [5.41, 5.74) is 1.53. The van der Waals surface area contributed by atoms with E-state index in [1.807, 2.05) is 0 Å². The lowest BCUT2D eigenvalue weighted by Gasteiger charge is -2.11. The number of aliphatic imine (C=N–C) groups is 1. The first kappa shape index (κ1) is 7.79. The van der Waals surface area contributed by atoms with Crippen LogP contribution in [0.15, 0.2) is 39.7 Å². The van der Waals surface area contributed by atoms with Crippen LogP contribution < -0.4 is 0 Å². The number of fused-ring (bicyclic) bond motifs is 1. The molecule has 13 heavy (non-hydrogen) atoms. The summed E-state index contributed by atoms with van der Waals surface area (Å²) < 4.78 is 0. The number of carboxylic acid groups (broad SMARTS) is 1. The summed E-state index contributed by atoms with van der Waals surface area (Å²) in [7, 11) is 0. The predicted octanol–water partition coefficient (Wildman–Crippen LogP) is 1.18. The fourth-order valence-corrected chi connectivity index (χ4v) is 1.34. The Hall–Kier alpha value is -1.84. The van der Waals surface area contributed by atoms with Crippen LogP contribution in [0.3, 0.4) is 0 Å². The summed E-state index contributed by atoms with van der Waals surface area (Å²) in [4.78, 5) is 14.6. The number of carboxylic acids is 1. The molecule has 0 spiro atoms. The number of carbonyl (C=O) groups is 1. The molecular formula is C9H7NO3. The molecule has 0 unspecified atom stereocenters. The highest BCUT2D eigenvalue weighted by Crippen LogP contribution is 2.30. The van der Waals surface area contributed by atoms with Crippen LogP contribution in [-0.2, 0) is 4.79 Å². The van der Waals surface area contributed by atoms with Gasteiger partial charge in [-0.25, -0.2) is 4.79 Å². The van der Waals surface area contributed by atoms with Crippen molar-refractivity contribution in [2.75, 3.05) is 0 Å². The molecule has 0 amide bonds. The van der Waals surface area contributed by atoms with Crippen molar-refractivity contribution >= 4 is 12.2 Å². The van der Waals surface area contributed by atoms with Crippen molar-refractivity contribution in [2.45, 2.75) is 6.42 Å². The molecular weight excluding hydrogens is 170 g/mol. The number of aliphatic hydroxyl groups is 1. The Kier molecular flexibility index (Phi) is 1.55. The number of nitrogens with zero attached hydrogens (tertiary/aromatic N) is 1. The molecule has 2 rings (SSSR count). The van der Waals surface area contributed by atoms with Crippen molar-refractivity contribution < 1.29 is 15.0 Å². The van der Waals surface area contributed by atoms with E-state index in [-0.39, 0.29) is 17.8 Å². The Morgan fingerprint density at radius 1 is 1.54 bits per heavy atom. The highest BCUT2D eigenvalue weighted by molar-refractivity contribution is 5.91. The maximum absolute atomic E-state index is 10.6. The summed E-state index contributed by atoms with van der Waals surface area (Å²) in [5, 5.41) is 18.0. The first-order valence-corrected chi connectivity index (χ1v) is 3.79. The molecule has 0 atom stereocenters. The number of aliphatic hydroxyl groups excluding tert-OH is 1. The Bertz CT molecular complexity index is 399. The zero-order valence-corrected chi connectivity index (χ0v) is 6.69. The van der Waals surface area contributed by atoms with Gasteiger partial charge in [0.05, 0.1) is 11.3 Å². The van der Waals surface area contributed by atoms with Crippen molar-refractivity contribution in [1.82, 2.24) is 0 Å². The maximum Gasteiger partial charge on any atom is 0.335 e.